The molecule has 8 nitrogen and oxygen atoms in total. The normalized spacial score (nSPS) is 13.9. The van der Waals surface area contributed by atoms with Crippen molar-refractivity contribution in [3.63, 3.8) is 0 Å². The molecule has 9 heteroatoms. The lowest BCUT2D eigenvalue weighted by Crippen LogP contribution is -2.28. The Labute approximate surface area is 345 Å². The molecule has 2 atom stereocenters. The highest BCUT2D eigenvalue weighted by Crippen LogP contribution is 2.43. The molecular weight excluding hydrogens is 721 g/mol. The molecule has 328 valence electrons. The van der Waals surface area contributed by atoms with Gasteiger partial charge in [0.05, 0.1) is 19.8 Å². The van der Waals surface area contributed by atoms with Crippen LogP contribution in [-0.2, 0) is 27.9 Å². The van der Waals surface area contributed by atoms with Crippen molar-refractivity contribution in [3.8, 4) is 0 Å². The van der Waals surface area contributed by atoms with E-state index < -0.39 is 13.9 Å². The first-order valence-electron chi connectivity index (χ1n) is 23.1. The summed E-state index contributed by atoms with van der Waals surface area (Å²) < 4.78 is 33.5. The highest BCUT2D eigenvalue weighted by Gasteiger charge is 2.25. The van der Waals surface area contributed by atoms with Gasteiger partial charge in [0.2, 0.25) is 0 Å². The molecule has 0 aromatic carbocycles. The predicted octanol–water partition coefficient (Wildman–Crippen LogP) is 14.0. The Bertz CT molecular complexity index is 999. The molecule has 0 aliphatic carbocycles. The topological polar surface area (TPSA) is 117 Å². The summed E-state index contributed by atoms with van der Waals surface area (Å²) in [5.41, 5.74) is 5.38. The Morgan fingerprint density at radius 3 is 1.52 bits per heavy atom. The van der Waals surface area contributed by atoms with Crippen LogP contribution in [-0.4, -0.2) is 49.9 Å². The maximum Gasteiger partial charge on any atom is 0.472 e. The molecule has 0 saturated heterocycles. The van der Waals surface area contributed by atoms with E-state index in [4.69, 9.17) is 24.3 Å². The van der Waals surface area contributed by atoms with E-state index in [2.05, 4.69) is 62.5 Å². The van der Waals surface area contributed by atoms with Crippen LogP contribution in [0.2, 0.25) is 0 Å². The second-order valence-corrected chi connectivity index (χ2v) is 16.7. The smallest absolute Gasteiger partial charge is 0.457 e. The Morgan fingerprint density at radius 1 is 0.554 bits per heavy atom. The second-order valence-electron chi connectivity index (χ2n) is 15.2. The van der Waals surface area contributed by atoms with Gasteiger partial charge in [0.1, 0.15) is 6.10 Å². The number of nitrogens with two attached hydrogens (primary N) is 1. The molecule has 0 fully saturated rings. The van der Waals surface area contributed by atoms with E-state index in [1.807, 2.05) is 0 Å². The van der Waals surface area contributed by atoms with Gasteiger partial charge in [-0.3, -0.25) is 13.8 Å². The third-order valence-electron chi connectivity index (χ3n) is 9.73. The van der Waals surface area contributed by atoms with Gasteiger partial charge >= 0.3 is 13.8 Å². The summed E-state index contributed by atoms with van der Waals surface area (Å²) in [5.74, 6) is -0.335. The van der Waals surface area contributed by atoms with Gasteiger partial charge in [0, 0.05) is 19.6 Å². The molecule has 0 saturated carbocycles. The van der Waals surface area contributed by atoms with Crippen LogP contribution in [0.5, 0.6) is 0 Å². The van der Waals surface area contributed by atoms with Crippen molar-refractivity contribution in [2.24, 2.45) is 5.73 Å². The van der Waals surface area contributed by atoms with E-state index in [1.54, 1.807) is 0 Å². The van der Waals surface area contributed by atoms with Gasteiger partial charge in [-0.2, -0.15) is 0 Å². The van der Waals surface area contributed by atoms with E-state index in [1.165, 1.54) is 128 Å². The predicted molar refractivity (Wildman–Crippen MR) is 238 cm³/mol. The molecule has 0 amide bonds. The standard InChI is InChI=1S/C47H88NO7P/c1-3-5-7-9-11-13-15-17-19-21-23-24-26-28-30-32-34-36-38-40-47(49)55-46(45-54-56(50,51)53-43-41-48)44-52-42-39-37-35-33-31-29-27-25-22-20-18-16-14-12-10-8-6-4-2/h6,8,12,14,17-20,46H,3-5,7,9-11,13,15-16,21-45,48H2,1-2H3,(H,50,51)/b8-6-,14-12-,19-17-,20-18-. The summed E-state index contributed by atoms with van der Waals surface area (Å²) in [7, 11) is -4.28. The van der Waals surface area contributed by atoms with Gasteiger partial charge in [-0.05, 0) is 70.6 Å². The quantitative estimate of drug-likeness (QED) is 0.0270. The van der Waals surface area contributed by atoms with Crippen molar-refractivity contribution in [2.75, 3.05) is 33.0 Å². The van der Waals surface area contributed by atoms with Crippen LogP contribution >= 0.6 is 7.82 Å². The fourth-order valence-corrected chi connectivity index (χ4v) is 7.12. The number of carbonyl (C=O) groups excluding carboxylic acids is 1. The summed E-state index contributed by atoms with van der Waals surface area (Å²) in [6.45, 7) is 4.80. The van der Waals surface area contributed by atoms with Crippen LogP contribution in [0, 0.1) is 0 Å². The zero-order chi connectivity index (χ0) is 40.9. The summed E-state index contributed by atoms with van der Waals surface area (Å²) in [5, 5.41) is 0. The van der Waals surface area contributed by atoms with Gasteiger partial charge in [-0.25, -0.2) is 4.57 Å². The number of phosphoric ester groups is 1. The first kappa shape index (κ1) is 54.5. The van der Waals surface area contributed by atoms with Gasteiger partial charge in [0.15, 0.2) is 0 Å². The largest absolute Gasteiger partial charge is 0.472 e. The minimum atomic E-state index is -4.28. The zero-order valence-electron chi connectivity index (χ0n) is 36.4. The minimum absolute atomic E-state index is 0.0976. The van der Waals surface area contributed by atoms with E-state index in [9.17, 15) is 14.3 Å². The Kier molecular flexibility index (Phi) is 43.3. The van der Waals surface area contributed by atoms with Gasteiger partial charge in [0.25, 0.3) is 0 Å². The highest BCUT2D eigenvalue weighted by atomic mass is 31.2. The monoisotopic (exact) mass is 810 g/mol. The zero-order valence-corrected chi connectivity index (χ0v) is 37.3. The molecule has 0 bridgehead atoms. The fraction of sp³-hybridized carbons (Fsp3) is 0.809. The van der Waals surface area contributed by atoms with E-state index in [-0.39, 0.29) is 32.3 Å². The van der Waals surface area contributed by atoms with Crippen LogP contribution < -0.4 is 5.73 Å². The number of rotatable bonds is 44. The maximum absolute atomic E-state index is 12.6. The van der Waals surface area contributed by atoms with Gasteiger partial charge < -0.3 is 20.1 Å². The molecule has 0 radical (unpaired) electrons. The summed E-state index contributed by atoms with van der Waals surface area (Å²) in [4.78, 5) is 22.5. The van der Waals surface area contributed by atoms with E-state index >= 15 is 0 Å². The SMILES string of the molecule is CC/C=C\C/C=C\C/C=C\CCCCCCCCCCOCC(COP(=O)(O)OCCN)OC(=O)CCCCCCCCCCC/C=C\CCCCCCCC. The summed E-state index contributed by atoms with van der Waals surface area (Å²) in [6, 6.07) is 0. The van der Waals surface area contributed by atoms with Crippen molar-refractivity contribution in [3.05, 3.63) is 48.6 Å². The number of carbonyl (C=O) groups is 1. The number of ether oxygens (including phenoxy) is 2. The molecule has 0 aromatic rings. The summed E-state index contributed by atoms with van der Waals surface area (Å²) in [6.07, 6.45) is 52.7. The van der Waals surface area contributed by atoms with Crippen molar-refractivity contribution < 1.29 is 32.8 Å². The molecule has 0 aromatic heterocycles. The summed E-state index contributed by atoms with van der Waals surface area (Å²) >= 11 is 0. The Balaban J connectivity index is 4.00. The van der Waals surface area contributed by atoms with Crippen molar-refractivity contribution in [1.82, 2.24) is 0 Å². The highest BCUT2D eigenvalue weighted by molar-refractivity contribution is 7.47. The number of phosphoric acid groups is 1. The molecule has 0 aliphatic rings. The molecule has 2 unspecified atom stereocenters. The third-order valence-corrected chi connectivity index (χ3v) is 10.7. The second kappa shape index (κ2) is 44.6. The average molecular weight is 810 g/mol. The molecule has 0 spiro atoms. The van der Waals surface area contributed by atoms with Crippen LogP contribution in [0.1, 0.15) is 206 Å². The number of unbranched alkanes of at least 4 members (excludes halogenated alkanes) is 23. The van der Waals surface area contributed by atoms with Crippen LogP contribution in [0.25, 0.3) is 0 Å². The molecule has 56 heavy (non-hydrogen) atoms. The van der Waals surface area contributed by atoms with Crippen molar-refractivity contribution >= 4 is 13.8 Å². The molecule has 0 rings (SSSR count). The molecule has 0 aliphatic heterocycles. The van der Waals surface area contributed by atoms with E-state index in [0.717, 1.165) is 57.8 Å². The van der Waals surface area contributed by atoms with Gasteiger partial charge in [-0.15, -0.1) is 0 Å². The number of esters is 1. The molecule has 0 heterocycles. The van der Waals surface area contributed by atoms with Crippen LogP contribution in [0.4, 0.5) is 0 Å². The molecule has 3 N–H and O–H groups in total. The fourth-order valence-electron chi connectivity index (χ4n) is 6.36. The van der Waals surface area contributed by atoms with Crippen molar-refractivity contribution in [2.45, 2.75) is 213 Å². The first-order chi connectivity index (χ1) is 27.4. The maximum atomic E-state index is 12.6. The lowest BCUT2D eigenvalue weighted by molar-refractivity contribution is -0.154. The van der Waals surface area contributed by atoms with Gasteiger partial charge in [-0.1, -0.05) is 178 Å². The lowest BCUT2D eigenvalue weighted by atomic mass is 10.1. The van der Waals surface area contributed by atoms with Crippen LogP contribution in [0.15, 0.2) is 48.6 Å². The Hall–Kier alpha value is -1.54. The Morgan fingerprint density at radius 2 is 1.00 bits per heavy atom. The number of allylic oxidation sites excluding steroid dienone is 8. The third kappa shape index (κ3) is 43.6. The first-order valence-corrected chi connectivity index (χ1v) is 24.6. The average Bonchev–Trinajstić information content (AvgIpc) is 3.19. The van der Waals surface area contributed by atoms with Crippen molar-refractivity contribution in [1.29, 1.82) is 0 Å². The van der Waals surface area contributed by atoms with E-state index in [0.29, 0.717) is 13.0 Å². The molecular formula is C47H88NO7P. The number of hydrogen-bond acceptors (Lipinski definition) is 7. The van der Waals surface area contributed by atoms with Crippen LogP contribution in [0.3, 0.4) is 0 Å². The minimum Gasteiger partial charge on any atom is -0.457 e. The lowest BCUT2D eigenvalue weighted by Gasteiger charge is -2.20. The number of hydrogen-bond donors (Lipinski definition) is 2.